The molecule has 0 bridgehead atoms. The Morgan fingerprint density at radius 3 is 2.35 bits per heavy atom. The lowest BCUT2D eigenvalue weighted by atomic mass is 9.86. The van der Waals surface area contributed by atoms with Gasteiger partial charge in [-0.05, 0) is 37.5 Å². The number of rotatable bonds is 7. The third kappa shape index (κ3) is 4.06. The highest BCUT2D eigenvalue weighted by molar-refractivity contribution is 5.87. The lowest BCUT2D eigenvalue weighted by Gasteiger charge is -2.24. The van der Waals surface area contributed by atoms with Crippen LogP contribution in [0, 0.1) is 5.41 Å². The number of carboxylic acid groups (broad SMARTS) is 1. The van der Waals surface area contributed by atoms with E-state index >= 15 is 0 Å². The fraction of sp³-hybridized carbons (Fsp3) is 0.467. The van der Waals surface area contributed by atoms with Gasteiger partial charge in [0.05, 0.1) is 11.0 Å². The highest BCUT2D eigenvalue weighted by atomic mass is 16.4. The monoisotopic (exact) mass is 278 g/mol. The molecule has 4 N–H and O–H groups in total. The second-order valence-corrected chi connectivity index (χ2v) is 5.13. The maximum absolute atomic E-state index is 12.0. The van der Waals surface area contributed by atoms with Gasteiger partial charge in [0.1, 0.15) is 0 Å². The second kappa shape index (κ2) is 7.05. The molecular formula is C15H22N2O3. The summed E-state index contributed by atoms with van der Waals surface area (Å²) in [5, 5.41) is 11.7. The van der Waals surface area contributed by atoms with Gasteiger partial charge in [0.2, 0.25) is 5.91 Å². The minimum atomic E-state index is -0.938. The molecule has 0 aliphatic heterocycles. The summed E-state index contributed by atoms with van der Waals surface area (Å²) >= 11 is 0. The van der Waals surface area contributed by atoms with Gasteiger partial charge in [0.25, 0.3) is 0 Å². The number of hydrogen-bond donors (Lipinski definition) is 3. The van der Waals surface area contributed by atoms with Crippen molar-refractivity contribution in [3.63, 3.8) is 0 Å². The van der Waals surface area contributed by atoms with Gasteiger partial charge in [0.15, 0.2) is 0 Å². The van der Waals surface area contributed by atoms with Crippen molar-refractivity contribution < 1.29 is 14.7 Å². The molecule has 0 fully saturated rings. The van der Waals surface area contributed by atoms with Crippen LogP contribution in [0.5, 0.6) is 0 Å². The fourth-order valence-corrected chi connectivity index (χ4v) is 1.75. The Kier molecular flexibility index (Phi) is 5.70. The number of carbonyl (C=O) groups excluding carboxylic acids is 1. The van der Waals surface area contributed by atoms with E-state index in [2.05, 4.69) is 5.32 Å². The summed E-state index contributed by atoms with van der Waals surface area (Å²) in [5.74, 6) is -0.976. The minimum absolute atomic E-state index is 0.0374. The van der Waals surface area contributed by atoms with Gasteiger partial charge >= 0.3 is 5.97 Å². The van der Waals surface area contributed by atoms with E-state index in [0.717, 1.165) is 5.56 Å². The van der Waals surface area contributed by atoms with Gasteiger partial charge in [-0.2, -0.15) is 0 Å². The predicted octanol–water partition coefficient (Wildman–Crippen LogP) is 1.42. The third-order valence-corrected chi connectivity index (χ3v) is 3.68. The van der Waals surface area contributed by atoms with Crippen LogP contribution in [0.15, 0.2) is 24.3 Å². The van der Waals surface area contributed by atoms with Crippen molar-refractivity contribution in [2.45, 2.75) is 26.7 Å². The van der Waals surface area contributed by atoms with E-state index in [9.17, 15) is 9.59 Å². The van der Waals surface area contributed by atoms with Gasteiger partial charge in [0, 0.05) is 13.1 Å². The zero-order valence-electron chi connectivity index (χ0n) is 12.0. The molecule has 110 valence electrons. The number of benzene rings is 1. The van der Waals surface area contributed by atoms with Crippen LogP contribution in [0.25, 0.3) is 0 Å². The van der Waals surface area contributed by atoms with Gasteiger partial charge < -0.3 is 16.2 Å². The van der Waals surface area contributed by atoms with E-state index in [0.29, 0.717) is 25.9 Å². The molecule has 0 radical (unpaired) electrons. The lowest BCUT2D eigenvalue weighted by molar-refractivity contribution is -0.129. The van der Waals surface area contributed by atoms with Crippen LogP contribution in [0.4, 0.5) is 0 Å². The molecule has 1 rings (SSSR count). The van der Waals surface area contributed by atoms with E-state index in [1.165, 1.54) is 0 Å². The molecule has 1 atom stereocenters. The number of hydrogen-bond acceptors (Lipinski definition) is 3. The molecule has 0 heterocycles. The van der Waals surface area contributed by atoms with Crippen LogP contribution in [0.1, 0.15) is 36.2 Å². The van der Waals surface area contributed by atoms with Crippen molar-refractivity contribution in [1.29, 1.82) is 0 Å². The van der Waals surface area contributed by atoms with Crippen molar-refractivity contribution >= 4 is 11.9 Å². The summed E-state index contributed by atoms with van der Waals surface area (Å²) in [6, 6.07) is 6.65. The molecule has 0 aromatic heterocycles. The number of nitrogens with one attached hydrogen (secondary N) is 1. The maximum atomic E-state index is 12.0. The summed E-state index contributed by atoms with van der Waals surface area (Å²) in [4.78, 5) is 22.7. The zero-order chi connectivity index (χ0) is 15.2. The van der Waals surface area contributed by atoms with Crippen molar-refractivity contribution in [3.8, 4) is 0 Å². The molecule has 0 saturated heterocycles. The maximum Gasteiger partial charge on any atom is 0.335 e. The normalized spacial score (nSPS) is 13.6. The smallest absolute Gasteiger partial charge is 0.335 e. The molecule has 20 heavy (non-hydrogen) atoms. The molecule has 1 aromatic rings. The van der Waals surface area contributed by atoms with Gasteiger partial charge in [-0.15, -0.1) is 0 Å². The first-order valence-corrected chi connectivity index (χ1v) is 6.73. The first-order chi connectivity index (χ1) is 9.42. The van der Waals surface area contributed by atoms with Crippen LogP contribution in [-0.2, 0) is 11.2 Å². The molecule has 1 aromatic carbocycles. The van der Waals surface area contributed by atoms with Crippen molar-refractivity contribution in [3.05, 3.63) is 35.4 Å². The standard InChI is InChI=1S/C15H22N2O3/c1-3-15(2,10-16)14(20)17-9-8-11-4-6-12(7-5-11)13(18)19/h4-7H,3,8-10,16H2,1-2H3,(H,17,20)(H,18,19). The Morgan fingerprint density at radius 2 is 1.90 bits per heavy atom. The van der Waals surface area contributed by atoms with Crippen LogP contribution in [0.2, 0.25) is 0 Å². The third-order valence-electron chi connectivity index (χ3n) is 3.68. The largest absolute Gasteiger partial charge is 0.478 e. The van der Waals surface area contributed by atoms with Crippen molar-refractivity contribution in [2.24, 2.45) is 11.1 Å². The molecule has 0 aliphatic rings. The average molecular weight is 278 g/mol. The Bertz CT molecular complexity index is 465. The van der Waals surface area contributed by atoms with Gasteiger partial charge in [-0.3, -0.25) is 4.79 Å². The van der Waals surface area contributed by atoms with Gasteiger partial charge in [-0.25, -0.2) is 4.79 Å². The molecule has 0 saturated carbocycles. The lowest BCUT2D eigenvalue weighted by Crippen LogP contribution is -2.44. The van der Waals surface area contributed by atoms with Crippen LogP contribution >= 0.6 is 0 Å². The number of carboxylic acids is 1. The predicted molar refractivity (Wildman–Crippen MR) is 77.6 cm³/mol. The number of nitrogens with two attached hydrogens (primary N) is 1. The Hall–Kier alpha value is -1.88. The van der Waals surface area contributed by atoms with Gasteiger partial charge in [-0.1, -0.05) is 19.1 Å². The number of carbonyl (C=O) groups is 2. The van der Waals surface area contributed by atoms with E-state index < -0.39 is 11.4 Å². The minimum Gasteiger partial charge on any atom is -0.478 e. The Morgan fingerprint density at radius 1 is 1.30 bits per heavy atom. The van der Waals surface area contributed by atoms with E-state index in [1.54, 1.807) is 24.3 Å². The topological polar surface area (TPSA) is 92.4 Å². The molecule has 0 aliphatic carbocycles. The van der Waals surface area contributed by atoms with Crippen LogP contribution in [0.3, 0.4) is 0 Å². The summed E-state index contributed by atoms with van der Waals surface area (Å²) in [6.07, 6.45) is 1.36. The van der Waals surface area contributed by atoms with E-state index in [1.807, 2.05) is 13.8 Å². The highest BCUT2D eigenvalue weighted by Crippen LogP contribution is 2.18. The average Bonchev–Trinajstić information content (AvgIpc) is 2.46. The second-order valence-electron chi connectivity index (χ2n) is 5.13. The number of aromatic carboxylic acids is 1. The Balaban J connectivity index is 2.48. The SMILES string of the molecule is CCC(C)(CN)C(=O)NCCc1ccc(C(=O)O)cc1. The molecule has 5 nitrogen and oxygen atoms in total. The van der Waals surface area contributed by atoms with Crippen LogP contribution in [-0.4, -0.2) is 30.1 Å². The quantitative estimate of drug-likeness (QED) is 0.703. The number of amides is 1. The molecular weight excluding hydrogens is 256 g/mol. The van der Waals surface area contributed by atoms with E-state index in [4.69, 9.17) is 10.8 Å². The summed E-state index contributed by atoms with van der Waals surface area (Å²) in [7, 11) is 0. The highest BCUT2D eigenvalue weighted by Gasteiger charge is 2.28. The Labute approximate surface area is 119 Å². The summed E-state index contributed by atoms with van der Waals surface area (Å²) in [6.45, 7) is 4.63. The molecule has 0 spiro atoms. The molecule has 1 amide bonds. The zero-order valence-corrected chi connectivity index (χ0v) is 12.0. The van der Waals surface area contributed by atoms with E-state index in [-0.39, 0.29) is 11.5 Å². The first-order valence-electron chi connectivity index (χ1n) is 6.73. The summed E-state index contributed by atoms with van der Waals surface area (Å²) in [5.41, 5.74) is 6.36. The first kappa shape index (κ1) is 16.2. The summed E-state index contributed by atoms with van der Waals surface area (Å²) < 4.78 is 0. The molecule has 5 heteroatoms. The molecule has 1 unspecified atom stereocenters. The van der Waals surface area contributed by atoms with Crippen molar-refractivity contribution in [2.75, 3.05) is 13.1 Å². The fourth-order valence-electron chi connectivity index (χ4n) is 1.75. The van der Waals surface area contributed by atoms with Crippen LogP contribution < -0.4 is 11.1 Å². The van der Waals surface area contributed by atoms with Crippen molar-refractivity contribution in [1.82, 2.24) is 5.32 Å².